The van der Waals surface area contributed by atoms with Crippen LogP contribution in [0.5, 0.6) is 0 Å². The van der Waals surface area contributed by atoms with E-state index in [2.05, 4.69) is 10.6 Å². The molecular formula is C9H16N2O. The number of nitrogens with one attached hydrogen (secondary N) is 2. The lowest BCUT2D eigenvalue weighted by Gasteiger charge is -2.27. The van der Waals surface area contributed by atoms with Gasteiger partial charge in [0.2, 0.25) is 5.91 Å². The molecule has 1 aliphatic carbocycles. The maximum absolute atomic E-state index is 11.4. The molecule has 0 aromatic carbocycles. The lowest BCUT2D eigenvalue weighted by Crippen LogP contribution is -2.54. The first kappa shape index (κ1) is 8.05. The highest BCUT2D eigenvalue weighted by molar-refractivity contribution is 5.82. The third kappa shape index (κ3) is 1.61. The van der Waals surface area contributed by atoms with E-state index in [9.17, 15) is 4.79 Å². The molecule has 2 rings (SSSR count). The predicted molar refractivity (Wildman–Crippen MR) is 46.8 cm³/mol. The minimum atomic E-state index is 0.116. The molecule has 0 unspecified atom stereocenters. The van der Waals surface area contributed by atoms with Crippen LogP contribution in [0, 0.1) is 0 Å². The standard InChI is InChI=1S/C9H16N2O/c12-9(8-5-6-10-8)11-7-3-1-2-4-7/h7-8,10H,1-6H2,(H,11,12)/t8-/m1/s1. The number of amides is 1. The highest BCUT2D eigenvalue weighted by Crippen LogP contribution is 2.18. The first-order valence-corrected chi connectivity index (χ1v) is 4.90. The second-order valence-electron chi connectivity index (χ2n) is 3.79. The molecule has 0 bridgehead atoms. The van der Waals surface area contributed by atoms with Gasteiger partial charge < -0.3 is 10.6 Å². The zero-order valence-electron chi connectivity index (χ0n) is 7.31. The van der Waals surface area contributed by atoms with E-state index < -0.39 is 0 Å². The largest absolute Gasteiger partial charge is 0.352 e. The Kier molecular flexibility index (Phi) is 2.30. The fourth-order valence-electron chi connectivity index (χ4n) is 1.88. The van der Waals surface area contributed by atoms with E-state index in [0.717, 1.165) is 13.0 Å². The van der Waals surface area contributed by atoms with Gasteiger partial charge >= 0.3 is 0 Å². The Morgan fingerprint density at radius 3 is 2.42 bits per heavy atom. The van der Waals surface area contributed by atoms with Crippen LogP contribution in [0.1, 0.15) is 32.1 Å². The summed E-state index contributed by atoms with van der Waals surface area (Å²) in [6, 6.07) is 0.588. The molecule has 0 aromatic rings. The zero-order valence-corrected chi connectivity index (χ0v) is 7.31. The van der Waals surface area contributed by atoms with Crippen molar-refractivity contribution >= 4 is 5.91 Å². The van der Waals surface area contributed by atoms with Gasteiger partial charge in [0, 0.05) is 6.04 Å². The van der Waals surface area contributed by atoms with Crippen LogP contribution < -0.4 is 10.6 Å². The lowest BCUT2D eigenvalue weighted by molar-refractivity contribution is -0.125. The Balaban J connectivity index is 1.73. The molecule has 1 amide bonds. The normalized spacial score (nSPS) is 29.8. The molecule has 3 nitrogen and oxygen atoms in total. The summed E-state index contributed by atoms with van der Waals surface area (Å²) >= 11 is 0. The van der Waals surface area contributed by atoms with E-state index >= 15 is 0 Å². The minimum Gasteiger partial charge on any atom is -0.352 e. The third-order valence-corrected chi connectivity index (χ3v) is 2.84. The number of carbonyl (C=O) groups is 1. The molecule has 1 saturated heterocycles. The number of rotatable bonds is 2. The monoisotopic (exact) mass is 168 g/mol. The molecule has 12 heavy (non-hydrogen) atoms. The summed E-state index contributed by atoms with van der Waals surface area (Å²) in [6.45, 7) is 1.00. The first-order chi connectivity index (χ1) is 5.86. The van der Waals surface area contributed by atoms with Crippen molar-refractivity contribution in [3.05, 3.63) is 0 Å². The van der Waals surface area contributed by atoms with Gasteiger partial charge in [-0.2, -0.15) is 0 Å². The SMILES string of the molecule is O=C(NC1CCCC1)[C@H]1CCN1. The molecule has 68 valence electrons. The van der Waals surface area contributed by atoms with Crippen molar-refractivity contribution in [2.75, 3.05) is 6.54 Å². The van der Waals surface area contributed by atoms with Gasteiger partial charge in [-0.15, -0.1) is 0 Å². The van der Waals surface area contributed by atoms with Crippen LogP contribution in [0.3, 0.4) is 0 Å². The van der Waals surface area contributed by atoms with Gasteiger partial charge in [-0.3, -0.25) is 4.79 Å². The van der Waals surface area contributed by atoms with E-state index in [0.29, 0.717) is 6.04 Å². The van der Waals surface area contributed by atoms with Gasteiger partial charge in [-0.1, -0.05) is 12.8 Å². The van der Waals surface area contributed by atoms with E-state index in [1.807, 2.05) is 0 Å². The fourth-order valence-corrected chi connectivity index (χ4v) is 1.88. The van der Waals surface area contributed by atoms with Gasteiger partial charge in [-0.25, -0.2) is 0 Å². The molecule has 0 aromatic heterocycles. The van der Waals surface area contributed by atoms with E-state index in [4.69, 9.17) is 0 Å². The van der Waals surface area contributed by atoms with Crippen LogP contribution in [0.15, 0.2) is 0 Å². The number of carbonyl (C=O) groups excluding carboxylic acids is 1. The summed E-state index contributed by atoms with van der Waals surface area (Å²) in [5.74, 6) is 0.216. The van der Waals surface area contributed by atoms with E-state index in [-0.39, 0.29) is 11.9 Å². The first-order valence-electron chi connectivity index (χ1n) is 4.90. The molecule has 0 radical (unpaired) electrons. The molecule has 0 spiro atoms. The zero-order chi connectivity index (χ0) is 8.39. The molecule has 2 N–H and O–H groups in total. The maximum atomic E-state index is 11.4. The molecular weight excluding hydrogens is 152 g/mol. The van der Waals surface area contributed by atoms with E-state index in [1.54, 1.807) is 0 Å². The van der Waals surface area contributed by atoms with Crippen molar-refractivity contribution in [1.82, 2.24) is 10.6 Å². The second kappa shape index (κ2) is 3.44. The molecule has 1 heterocycles. The summed E-state index contributed by atoms with van der Waals surface area (Å²) in [5, 5.41) is 6.19. The van der Waals surface area contributed by atoms with Crippen LogP contribution in [0.2, 0.25) is 0 Å². The fraction of sp³-hybridized carbons (Fsp3) is 0.889. The van der Waals surface area contributed by atoms with Crippen LogP contribution in [0.4, 0.5) is 0 Å². The van der Waals surface area contributed by atoms with Crippen LogP contribution in [-0.4, -0.2) is 24.5 Å². The topological polar surface area (TPSA) is 41.1 Å². The van der Waals surface area contributed by atoms with Crippen molar-refractivity contribution < 1.29 is 4.79 Å². The Hall–Kier alpha value is -0.570. The van der Waals surface area contributed by atoms with Gasteiger partial charge in [0.1, 0.15) is 0 Å². The Labute approximate surface area is 72.9 Å². The van der Waals surface area contributed by atoms with Crippen LogP contribution in [0.25, 0.3) is 0 Å². The molecule has 1 saturated carbocycles. The van der Waals surface area contributed by atoms with Crippen molar-refractivity contribution in [1.29, 1.82) is 0 Å². The number of hydrogen-bond donors (Lipinski definition) is 2. The highest BCUT2D eigenvalue weighted by atomic mass is 16.2. The smallest absolute Gasteiger partial charge is 0.237 e. The van der Waals surface area contributed by atoms with Gasteiger partial charge in [0.15, 0.2) is 0 Å². The average Bonchev–Trinajstić information content (AvgIpc) is 2.34. The highest BCUT2D eigenvalue weighted by Gasteiger charge is 2.26. The third-order valence-electron chi connectivity index (χ3n) is 2.84. The second-order valence-corrected chi connectivity index (χ2v) is 3.79. The summed E-state index contributed by atoms with van der Waals surface area (Å²) in [7, 11) is 0. The lowest BCUT2D eigenvalue weighted by atomic mass is 10.1. The summed E-state index contributed by atoms with van der Waals surface area (Å²) in [6.07, 6.45) is 5.93. The molecule has 1 aliphatic heterocycles. The van der Waals surface area contributed by atoms with Crippen molar-refractivity contribution in [3.8, 4) is 0 Å². The van der Waals surface area contributed by atoms with Crippen molar-refractivity contribution in [3.63, 3.8) is 0 Å². The molecule has 2 fully saturated rings. The Morgan fingerprint density at radius 1 is 1.25 bits per heavy atom. The summed E-state index contributed by atoms with van der Waals surface area (Å²) < 4.78 is 0. The molecule has 3 heteroatoms. The predicted octanol–water partition coefficient (Wildman–Crippen LogP) is 0.407. The summed E-state index contributed by atoms with van der Waals surface area (Å²) in [4.78, 5) is 11.4. The minimum absolute atomic E-state index is 0.116. The Morgan fingerprint density at radius 2 is 1.92 bits per heavy atom. The van der Waals surface area contributed by atoms with Gasteiger partial charge in [0.25, 0.3) is 0 Å². The quantitative estimate of drug-likeness (QED) is 0.627. The summed E-state index contributed by atoms with van der Waals surface area (Å²) in [5.41, 5.74) is 0. The van der Waals surface area contributed by atoms with Crippen LogP contribution >= 0.6 is 0 Å². The average molecular weight is 168 g/mol. The van der Waals surface area contributed by atoms with Crippen molar-refractivity contribution in [2.24, 2.45) is 0 Å². The number of hydrogen-bond acceptors (Lipinski definition) is 2. The Bertz CT molecular complexity index is 171. The van der Waals surface area contributed by atoms with Crippen molar-refractivity contribution in [2.45, 2.75) is 44.2 Å². The maximum Gasteiger partial charge on any atom is 0.237 e. The van der Waals surface area contributed by atoms with Gasteiger partial charge in [-0.05, 0) is 25.8 Å². The van der Waals surface area contributed by atoms with Gasteiger partial charge in [0.05, 0.1) is 6.04 Å². The van der Waals surface area contributed by atoms with Crippen LogP contribution in [-0.2, 0) is 4.79 Å². The molecule has 2 aliphatic rings. The molecule has 1 atom stereocenters. The van der Waals surface area contributed by atoms with E-state index in [1.165, 1.54) is 25.7 Å².